The molecular formula is C8H6N6S. The van der Waals surface area contributed by atoms with Gasteiger partial charge in [0.25, 0.3) is 0 Å². The number of nitriles is 1. The van der Waals surface area contributed by atoms with E-state index in [9.17, 15) is 0 Å². The molecule has 74 valence electrons. The summed E-state index contributed by atoms with van der Waals surface area (Å²) < 4.78 is 0. The highest BCUT2D eigenvalue weighted by Crippen LogP contribution is 2.27. The van der Waals surface area contributed by atoms with Gasteiger partial charge in [0.1, 0.15) is 17.4 Å². The van der Waals surface area contributed by atoms with Gasteiger partial charge in [0.05, 0.1) is 11.3 Å². The lowest BCUT2D eigenvalue weighted by molar-refractivity contribution is 0.968. The minimum Gasteiger partial charge on any atom is -0.396 e. The number of nitrogens with one attached hydrogen (secondary N) is 1. The Morgan fingerprint density at radius 3 is 2.93 bits per heavy atom. The predicted octanol–water partition coefficient (Wildman–Crippen LogP) is 0.805. The first-order chi connectivity index (χ1) is 7.29. The first-order valence-corrected chi connectivity index (χ1v) is 4.80. The largest absolute Gasteiger partial charge is 0.396 e. The fourth-order valence-electron chi connectivity index (χ4n) is 0.951. The first kappa shape index (κ1) is 9.48. The van der Waals surface area contributed by atoms with E-state index in [1.54, 1.807) is 6.07 Å². The number of nitrogens with two attached hydrogens (primary N) is 1. The highest BCUT2D eigenvalue weighted by molar-refractivity contribution is 7.99. The SMILES string of the molecule is N#Cc1cnc(Sc2ncn[nH]2)c(N)c1. The van der Waals surface area contributed by atoms with Crippen LogP contribution in [0, 0.1) is 11.3 Å². The van der Waals surface area contributed by atoms with Crippen LogP contribution >= 0.6 is 11.8 Å². The minimum absolute atomic E-state index is 0.439. The molecule has 6 nitrogen and oxygen atoms in total. The van der Waals surface area contributed by atoms with Crippen LogP contribution < -0.4 is 5.73 Å². The van der Waals surface area contributed by atoms with Crippen LogP contribution in [0.2, 0.25) is 0 Å². The van der Waals surface area contributed by atoms with Gasteiger partial charge in [0.15, 0.2) is 5.16 Å². The number of anilines is 1. The van der Waals surface area contributed by atoms with Crippen LogP contribution in [-0.2, 0) is 0 Å². The van der Waals surface area contributed by atoms with E-state index in [2.05, 4.69) is 20.2 Å². The zero-order valence-electron chi connectivity index (χ0n) is 7.51. The van der Waals surface area contributed by atoms with E-state index in [0.717, 1.165) is 0 Å². The number of nitrogens with zero attached hydrogens (tertiary/aromatic N) is 4. The lowest BCUT2D eigenvalue weighted by Gasteiger charge is -2.01. The molecule has 3 N–H and O–H groups in total. The molecule has 0 fully saturated rings. The van der Waals surface area contributed by atoms with Crippen LogP contribution in [0.25, 0.3) is 0 Å². The Labute approximate surface area is 89.5 Å². The normalized spacial score (nSPS) is 9.80. The monoisotopic (exact) mass is 218 g/mol. The number of rotatable bonds is 2. The molecule has 0 atom stereocenters. The fourth-order valence-corrected chi connectivity index (χ4v) is 1.61. The molecule has 2 aromatic rings. The van der Waals surface area contributed by atoms with Gasteiger partial charge in [-0.15, -0.1) is 0 Å². The lowest BCUT2D eigenvalue weighted by atomic mass is 10.3. The van der Waals surface area contributed by atoms with Gasteiger partial charge in [-0.25, -0.2) is 9.97 Å². The number of nitrogen functional groups attached to an aromatic ring is 1. The van der Waals surface area contributed by atoms with Gasteiger partial charge in [-0.05, 0) is 17.8 Å². The van der Waals surface area contributed by atoms with Crippen LogP contribution in [0.4, 0.5) is 5.69 Å². The topological polar surface area (TPSA) is 104 Å². The Morgan fingerprint density at radius 1 is 1.47 bits per heavy atom. The van der Waals surface area contributed by atoms with Crippen LogP contribution in [0.5, 0.6) is 0 Å². The van der Waals surface area contributed by atoms with Crippen molar-refractivity contribution in [1.29, 1.82) is 5.26 Å². The van der Waals surface area contributed by atoms with Crippen LogP contribution in [0.15, 0.2) is 28.8 Å². The van der Waals surface area contributed by atoms with Gasteiger partial charge in [-0.1, -0.05) is 0 Å². The van der Waals surface area contributed by atoms with E-state index in [0.29, 0.717) is 21.4 Å². The highest BCUT2D eigenvalue weighted by atomic mass is 32.2. The van der Waals surface area contributed by atoms with Crippen molar-refractivity contribution in [3.8, 4) is 6.07 Å². The smallest absolute Gasteiger partial charge is 0.189 e. The summed E-state index contributed by atoms with van der Waals surface area (Å²) in [4.78, 5) is 7.98. The van der Waals surface area contributed by atoms with Crippen LogP contribution in [0.3, 0.4) is 0 Å². The predicted molar refractivity (Wildman–Crippen MR) is 53.9 cm³/mol. The van der Waals surface area contributed by atoms with Crippen LogP contribution in [0.1, 0.15) is 5.56 Å². The van der Waals surface area contributed by atoms with Crippen molar-refractivity contribution < 1.29 is 0 Å². The number of hydrogen-bond donors (Lipinski definition) is 2. The summed E-state index contributed by atoms with van der Waals surface area (Å²) in [5.74, 6) is 0. The third-order valence-electron chi connectivity index (χ3n) is 1.59. The Bertz CT molecular complexity index is 500. The molecule has 0 spiro atoms. The number of aromatic amines is 1. The third kappa shape index (κ3) is 2.05. The number of hydrogen-bond acceptors (Lipinski definition) is 6. The molecule has 0 saturated heterocycles. The van der Waals surface area contributed by atoms with E-state index in [4.69, 9.17) is 11.0 Å². The van der Waals surface area contributed by atoms with E-state index < -0.39 is 0 Å². The third-order valence-corrected chi connectivity index (χ3v) is 2.52. The van der Waals surface area contributed by atoms with Crippen molar-refractivity contribution in [1.82, 2.24) is 20.2 Å². The summed E-state index contributed by atoms with van der Waals surface area (Å²) in [6.45, 7) is 0. The van der Waals surface area contributed by atoms with Crippen molar-refractivity contribution in [2.45, 2.75) is 10.2 Å². The van der Waals surface area contributed by atoms with E-state index >= 15 is 0 Å². The molecule has 2 aromatic heterocycles. The van der Waals surface area contributed by atoms with Crippen molar-refractivity contribution in [3.63, 3.8) is 0 Å². The molecule has 2 heterocycles. The minimum atomic E-state index is 0.439. The summed E-state index contributed by atoms with van der Waals surface area (Å²) in [7, 11) is 0. The zero-order valence-corrected chi connectivity index (χ0v) is 8.32. The summed E-state index contributed by atoms with van der Waals surface area (Å²) in [5, 5.41) is 16.2. The van der Waals surface area contributed by atoms with Gasteiger partial charge >= 0.3 is 0 Å². The second-order valence-electron chi connectivity index (χ2n) is 2.62. The number of pyridine rings is 1. The van der Waals surface area contributed by atoms with E-state index in [1.165, 1.54) is 24.3 Å². The Hall–Kier alpha value is -2.07. The molecule has 7 heteroatoms. The standard InChI is InChI=1S/C8H6N6S/c9-2-5-1-6(10)7(11-3-5)15-8-12-4-13-14-8/h1,3-4H,10H2,(H,12,13,14). The molecule has 0 unspecified atom stereocenters. The van der Waals surface area contributed by atoms with Crippen LogP contribution in [-0.4, -0.2) is 20.2 Å². The van der Waals surface area contributed by atoms with Gasteiger partial charge in [0, 0.05) is 6.20 Å². The highest BCUT2D eigenvalue weighted by Gasteiger charge is 2.06. The van der Waals surface area contributed by atoms with E-state index in [-0.39, 0.29) is 0 Å². The maximum Gasteiger partial charge on any atom is 0.189 e. The van der Waals surface area contributed by atoms with Crippen molar-refractivity contribution in [2.75, 3.05) is 5.73 Å². The molecule has 0 saturated carbocycles. The van der Waals surface area contributed by atoms with Gasteiger partial charge in [-0.3, -0.25) is 5.10 Å². The molecule has 0 aliphatic rings. The average Bonchev–Trinajstić information content (AvgIpc) is 2.74. The van der Waals surface area contributed by atoms with Gasteiger partial charge in [0.2, 0.25) is 0 Å². The average molecular weight is 218 g/mol. The maximum absolute atomic E-state index is 8.63. The van der Waals surface area contributed by atoms with E-state index in [1.807, 2.05) is 6.07 Å². The summed E-state index contributed by atoms with van der Waals surface area (Å²) >= 11 is 1.27. The Kier molecular flexibility index (Phi) is 2.51. The summed E-state index contributed by atoms with van der Waals surface area (Å²) in [6.07, 6.45) is 2.87. The molecule has 0 bridgehead atoms. The molecule has 0 aromatic carbocycles. The second kappa shape index (κ2) is 3.98. The van der Waals surface area contributed by atoms with Gasteiger partial charge < -0.3 is 5.73 Å². The van der Waals surface area contributed by atoms with Gasteiger partial charge in [-0.2, -0.15) is 10.4 Å². The molecule has 0 aliphatic heterocycles. The summed E-state index contributed by atoms with van der Waals surface area (Å²) in [6, 6.07) is 3.54. The Balaban J connectivity index is 2.27. The molecule has 0 aliphatic carbocycles. The second-order valence-corrected chi connectivity index (χ2v) is 3.60. The molecule has 0 radical (unpaired) electrons. The molecule has 2 rings (SSSR count). The summed E-state index contributed by atoms with van der Waals surface area (Å²) in [5.41, 5.74) is 6.61. The molecular weight excluding hydrogens is 212 g/mol. The van der Waals surface area contributed by atoms with Crippen molar-refractivity contribution in [2.24, 2.45) is 0 Å². The maximum atomic E-state index is 8.63. The molecule has 15 heavy (non-hydrogen) atoms. The van der Waals surface area contributed by atoms with Crippen molar-refractivity contribution >= 4 is 17.4 Å². The zero-order chi connectivity index (χ0) is 10.7. The number of H-pyrrole nitrogens is 1. The molecule has 0 amide bonds. The Morgan fingerprint density at radius 2 is 2.33 bits per heavy atom. The lowest BCUT2D eigenvalue weighted by Crippen LogP contribution is -1.93. The fraction of sp³-hybridized carbons (Fsp3) is 0. The number of aromatic nitrogens is 4. The first-order valence-electron chi connectivity index (χ1n) is 3.98. The quantitative estimate of drug-likeness (QED) is 0.772. The van der Waals surface area contributed by atoms with Crippen molar-refractivity contribution in [3.05, 3.63) is 24.2 Å².